The Morgan fingerprint density at radius 3 is 2.12 bits per heavy atom. The molecular formula is C54H85N7O14. The van der Waals surface area contributed by atoms with Gasteiger partial charge in [-0.1, -0.05) is 73.9 Å². The largest absolute Gasteiger partial charge is 0.497 e. The number of nitrogens with one attached hydrogen (secondary N) is 4. The number of nitrogens with zero attached hydrogens (tertiary/aromatic N) is 3. The van der Waals surface area contributed by atoms with Crippen LogP contribution in [0.4, 0.5) is 0 Å². The monoisotopic (exact) mass is 1060 g/mol. The zero-order valence-corrected chi connectivity index (χ0v) is 46.3. The Labute approximate surface area is 442 Å². The molecule has 1 aromatic rings. The molecule has 21 heteroatoms. The highest BCUT2D eigenvalue weighted by atomic mass is 16.6. The third-order valence-corrected chi connectivity index (χ3v) is 14.7. The van der Waals surface area contributed by atoms with Gasteiger partial charge in [0.05, 0.1) is 43.7 Å². The molecule has 4 rings (SSSR count). The van der Waals surface area contributed by atoms with E-state index in [9.17, 15) is 53.4 Å². The number of β-amino-alcohol motifs (C(OH)–C–C–N with tert-alkyl or cyclic N) is 1. The van der Waals surface area contributed by atoms with Crippen molar-refractivity contribution in [3.8, 4) is 5.75 Å². The van der Waals surface area contributed by atoms with Gasteiger partial charge in [-0.3, -0.25) is 38.4 Å². The van der Waals surface area contributed by atoms with Crippen LogP contribution in [0.15, 0.2) is 24.3 Å². The first-order chi connectivity index (χ1) is 35.2. The second kappa shape index (κ2) is 27.9. The van der Waals surface area contributed by atoms with Crippen molar-refractivity contribution in [2.75, 3.05) is 34.3 Å². The topological polar surface area (TPSA) is 280 Å². The van der Waals surface area contributed by atoms with Crippen molar-refractivity contribution in [3.05, 3.63) is 29.8 Å². The van der Waals surface area contributed by atoms with Crippen LogP contribution < -0.4 is 26.0 Å². The number of esters is 2. The van der Waals surface area contributed by atoms with E-state index < -0.39 is 144 Å². The third kappa shape index (κ3) is 16.4. The third-order valence-electron chi connectivity index (χ3n) is 14.7. The lowest BCUT2D eigenvalue weighted by Crippen LogP contribution is -2.62. The summed E-state index contributed by atoms with van der Waals surface area (Å²) >= 11 is 0. The molecule has 0 radical (unpaired) electrons. The van der Waals surface area contributed by atoms with Crippen LogP contribution in [-0.2, 0) is 59.0 Å². The van der Waals surface area contributed by atoms with Crippen LogP contribution in [0.25, 0.3) is 0 Å². The number of rotatable bonds is 14. The van der Waals surface area contributed by atoms with Crippen LogP contribution in [0.3, 0.4) is 0 Å². The highest BCUT2D eigenvalue weighted by Crippen LogP contribution is 2.26. The fourth-order valence-corrected chi connectivity index (χ4v) is 9.91. The number of hydrogen-bond acceptors (Lipinski definition) is 15. The Morgan fingerprint density at radius 2 is 1.56 bits per heavy atom. The van der Waals surface area contributed by atoms with Gasteiger partial charge < -0.3 is 60.4 Å². The number of fused-ring (bicyclic) bond motifs is 1. The van der Waals surface area contributed by atoms with Crippen molar-refractivity contribution in [1.29, 1.82) is 0 Å². The fraction of sp³-hybridized carbons (Fsp3) is 0.722. The average Bonchev–Trinajstić information content (AvgIpc) is 4.04. The minimum atomic E-state index is -1.71. The minimum absolute atomic E-state index is 0.108. The first-order valence-corrected chi connectivity index (χ1v) is 26.6. The summed E-state index contributed by atoms with van der Waals surface area (Å²) in [6.45, 7) is 17.2. The molecule has 3 aliphatic rings. The first kappa shape index (κ1) is 61.9. The van der Waals surface area contributed by atoms with E-state index in [-0.39, 0.29) is 57.0 Å². The van der Waals surface area contributed by atoms with Gasteiger partial charge in [-0.05, 0) is 87.3 Å². The van der Waals surface area contributed by atoms with Gasteiger partial charge in [-0.15, -0.1) is 0 Å². The molecule has 3 fully saturated rings. The van der Waals surface area contributed by atoms with Crippen molar-refractivity contribution in [2.45, 2.75) is 187 Å². The summed E-state index contributed by atoms with van der Waals surface area (Å²) in [6, 6.07) is -1.69. The van der Waals surface area contributed by atoms with Gasteiger partial charge in [0, 0.05) is 33.6 Å². The maximum absolute atomic E-state index is 14.9. The molecular weight excluding hydrogens is 971 g/mol. The van der Waals surface area contributed by atoms with Crippen LogP contribution in [0.2, 0.25) is 0 Å². The molecule has 3 aliphatic heterocycles. The van der Waals surface area contributed by atoms with E-state index in [0.717, 1.165) is 0 Å². The van der Waals surface area contributed by atoms with Gasteiger partial charge in [0.25, 0.3) is 0 Å². The molecule has 13 atom stereocenters. The molecule has 0 aromatic heterocycles. The van der Waals surface area contributed by atoms with E-state index in [1.165, 1.54) is 49.8 Å². The number of hydrogen-bond donors (Lipinski definition) is 6. The second-order valence-corrected chi connectivity index (χ2v) is 21.9. The second-order valence-electron chi connectivity index (χ2n) is 21.9. The number of cyclic esters (lactones) is 2. The summed E-state index contributed by atoms with van der Waals surface area (Å²) in [6.07, 6.45) is -4.74. The Hall–Kier alpha value is -5.67. The van der Waals surface area contributed by atoms with Gasteiger partial charge in [0.15, 0.2) is 11.9 Å². The Bertz CT molecular complexity index is 2170. The highest BCUT2D eigenvalue weighted by molar-refractivity contribution is 6.05. The molecule has 0 bridgehead atoms. The molecule has 75 heavy (non-hydrogen) atoms. The summed E-state index contributed by atoms with van der Waals surface area (Å²) in [7, 11) is 4.36. The maximum atomic E-state index is 14.9. The van der Waals surface area contributed by atoms with E-state index in [4.69, 9.17) is 14.2 Å². The molecule has 3 heterocycles. The summed E-state index contributed by atoms with van der Waals surface area (Å²) in [4.78, 5) is 133. The van der Waals surface area contributed by atoms with Crippen molar-refractivity contribution in [1.82, 2.24) is 36.0 Å². The molecule has 3 saturated heterocycles. The lowest BCUT2D eigenvalue weighted by Gasteiger charge is -2.36. The van der Waals surface area contributed by atoms with Crippen molar-refractivity contribution >= 4 is 53.2 Å². The molecule has 420 valence electrons. The predicted octanol–water partition coefficient (Wildman–Crippen LogP) is 1.67. The van der Waals surface area contributed by atoms with Gasteiger partial charge >= 0.3 is 11.9 Å². The Morgan fingerprint density at radius 1 is 0.907 bits per heavy atom. The quantitative estimate of drug-likeness (QED) is 0.114. The number of carbonyl (C=O) groups is 9. The normalized spacial score (nSPS) is 29.1. The van der Waals surface area contributed by atoms with Crippen molar-refractivity contribution in [2.24, 2.45) is 29.6 Å². The molecule has 0 saturated carbocycles. The molecule has 0 unspecified atom stereocenters. The molecule has 6 N–H and O–H groups in total. The number of amides is 6. The SMILES string of the molecule is CC[C@@H](C)[C@H]1NC(=O)[C@@H](NC(=O)[C@@H](CC(C)C)N(C)C(=O)[C@@H]2C[C@H](O)CN2)[C@H](C)OC(=O)[C@H](Cc2ccc(OC)cc2)N(C)C(=O)[C@@H]2CCCN2C(=O)[C@H](CC(C)C)NC(=O)[C@H](C)C(=O)[C@H](C(C)C)OC(=O)C[C@@H]1O. The summed E-state index contributed by atoms with van der Waals surface area (Å²) in [5.41, 5.74) is 0.588. The van der Waals surface area contributed by atoms with E-state index in [2.05, 4.69) is 21.3 Å². The Balaban J connectivity index is 1.88. The van der Waals surface area contributed by atoms with Gasteiger partial charge in [-0.25, -0.2) is 4.79 Å². The zero-order chi connectivity index (χ0) is 56.2. The average molecular weight is 1060 g/mol. The maximum Gasteiger partial charge on any atom is 0.329 e. The van der Waals surface area contributed by atoms with E-state index in [1.807, 2.05) is 27.7 Å². The molecule has 0 spiro atoms. The van der Waals surface area contributed by atoms with E-state index in [1.54, 1.807) is 52.0 Å². The van der Waals surface area contributed by atoms with Crippen molar-refractivity contribution in [3.63, 3.8) is 0 Å². The predicted molar refractivity (Wildman–Crippen MR) is 276 cm³/mol. The molecule has 21 nitrogen and oxygen atoms in total. The number of ether oxygens (including phenoxy) is 3. The first-order valence-electron chi connectivity index (χ1n) is 26.6. The number of ketones is 1. The summed E-state index contributed by atoms with van der Waals surface area (Å²) in [5.74, 6) is -9.18. The number of methoxy groups -OCH3 is 1. The van der Waals surface area contributed by atoms with Gasteiger partial charge in [0.1, 0.15) is 42.1 Å². The zero-order valence-electron chi connectivity index (χ0n) is 46.3. The van der Waals surface area contributed by atoms with E-state index >= 15 is 0 Å². The molecule has 0 aliphatic carbocycles. The van der Waals surface area contributed by atoms with Crippen LogP contribution in [0, 0.1) is 29.6 Å². The number of aliphatic hydroxyl groups is 2. The molecule has 6 amide bonds. The van der Waals surface area contributed by atoms with Crippen LogP contribution in [0.5, 0.6) is 5.75 Å². The minimum Gasteiger partial charge on any atom is -0.497 e. The number of benzene rings is 1. The lowest BCUT2D eigenvalue weighted by molar-refractivity contribution is -0.163. The fourth-order valence-electron chi connectivity index (χ4n) is 9.91. The van der Waals surface area contributed by atoms with Gasteiger partial charge in [-0.2, -0.15) is 0 Å². The van der Waals surface area contributed by atoms with Crippen LogP contribution in [-0.4, -0.2) is 179 Å². The van der Waals surface area contributed by atoms with Crippen LogP contribution >= 0.6 is 0 Å². The summed E-state index contributed by atoms with van der Waals surface area (Å²) in [5, 5.41) is 33.2. The summed E-state index contributed by atoms with van der Waals surface area (Å²) < 4.78 is 17.2. The Kier molecular flexibility index (Phi) is 23.0. The number of Topliss-reactive ketones (excluding diaryl/α,β-unsaturated/α-hetero) is 1. The highest BCUT2D eigenvalue weighted by Gasteiger charge is 2.45. The smallest absolute Gasteiger partial charge is 0.329 e. The molecule has 1 aromatic carbocycles. The number of likely N-dealkylation sites (N-methyl/N-ethyl adjacent to an activating group) is 2. The number of carbonyl (C=O) groups excluding carboxylic acids is 9. The standard InChI is InChI=1S/C54H85N7O14/c1-14-31(8)44-42(63)26-43(64)75-47(30(6)7)46(65)32(9)48(66)56-38(22-28(2)3)52(70)61-21-15-16-39(61)53(71)60(12)41(24-34-17-19-36(73-13)20-18-34)54(72)74-33(10)45(50(68)57-44)58-49(67)40(23-29(4)5)59(11)51(69)37-25-35(62)27-55-37/h17-20,28-33,35,37-42,44-45,47,55,62-63H,14-16,21-27H2,1-13H3,(H,56,66)(H,57,68)(H,58,67)/t31-,32-,33+,35+,37+,38+,39+,40-,41+,42+,44-,45+,47+/m1/s1. The lowest BCUT2D eigenvalue weighted by atomic mass is 9.91. The van der Waals surface area contributed by atoms with Gasteiger partial charge in [0.2, 0.25) is 35.4 Å². The van der Waals surface area contributed by atoms with E-state index in [0.29, 0.717) is 24.2 Å². The van der Waals surface area contributed by atoms with Crippen molar-refractivity contribution < 1.29 is 67.6 Å². The van der Waals surface area contributed by atoms with Crippen LogP contribution in [0.1, 0.15) is 120 Å². The number of aliphatic hydroxyl groups excluding tert-OH is 2.